The SMILES string of the molecule is COC1=CCC2C3Cc4ccc(OC)c5c4C2(NN3C(=O)OC(C)Cl)C1O5. The highest BCUT2D eigenvalue weighted by molar-refractivity contribution is 6.19. The summed E-state index contributed by atoms with van der Waals surface area (Å²) in [6.45, 7) is 1.62. The number of ether oxygens (including phenoxy) is 4. The minimum Gasteiger partial charge on any atom is -0.497 e. The second-order valence-electron chi connectivity index (χ2n) is 7.33. The van der Waals surface area contributed by atoms with Crippen molar-refractivity contribution in [2.45, 2.75) is 43.0 Å². The number of hydrogen-bond donors (Lipinski definition) is 1. The van der Waals surface area contributed by atoms with Crippen LogP contribution in [0.25, 0.3) is 0 Å². The molecule has 4 aliphatic rings. The van der Waals surface area contributed by atoms with Gasteiger partial charge in [-0.05, 0) is 37.5 Å². The molecule has 1 saturated heterocycles. The first kappa shape index (κ1) is 17.0. The molecule has 5 atom stereocenters. The van der Waals surface area contributed by atoms with Crippen LogP contribution in [0.4, 0.5) is 4.79 Å². The molecule has 27 heavy (non-hydrogen) atoms. The molecule has 2 aliphatic heterocycles. The smallest absolute Gasteiger partial charge is 0.426 e. The Bertz CT molecular complexity index is 857. The summed E-state index contributed by atoms with van der Waals surface area (Å²) in [5.74, 6) is 2.30. The summed E-state index contributed by atoms with van der Waals surface area (Å²) >= 11 is 5.89. The number of benzene rings is 1. The van der Waals surface area contributed by atoms with E-state index in [1.807, 2.05) is 6.07 Å². The average molecular weight is 393 g/mol. The zero-order chi connectivity index (χ0) is 18.9. The minimum atomic E-state index is -0.706. The highest BCUT2D eigenvalue weighted by Gasteiger charge is 2.69. The predicted molar refractivity (Wildman–Crippen MR) is 96.5 cm³/mol. The summed E-state index contributed by atoms with van der Waals surface area (Å²) in [4.78, 5) is 12.7. The van der Waals surface area contributed by atoms with Crippen LogP contribution in [0.2, 0.25) is 0 Å². The standard InChI is InChI=1S/C19H21ClN2O5/c1-9(20)26-18(23)22-12-8-10-4-6-13(24-2)16-15(10)19(21-22)11(12)5-7-14(25-3)17(19)27-16/h4,6-7,9,11-12,17,21H,5,8H2,1-3H3. The minimum absolute atomic E-state index is 0.0551. The van der Waals surface area contributed by atoms with Crippen molar-refractivity contribution in [1.82, 2.24) is 10.4 Å². The zero-order valence-corrected chi connectivity index (χ0v) is 16.1. The summed E-state index contributed by atoms with van der Waals surface area (Å²) in [6.07, 6.45) is 2.70. The second kappa shape index (κ2) is 5.69. The Labute approximate surface area is 162 Å². The number of halogens is 1. The number of hydrogen-bond acceptors (Lipinski definition) is 6. The number of amides is 1. The molecule has 144 valence electrons. The highest BCUT2D eigenvalue weighted by Crippen LogP contribution is 2.62. The largest absolute Gasteiger partial charge is 0.497 e. The van der Waals surface area contributed by atoms with Gasteiger partial charge in [-0.1, -0.05) is 17.7 Å². The molecule has 1 spiro atoms. The Morgan fingerprint density at radius 3 is 2.93 bits per heavy atom. The molecular formula is C19H21ClN2O5. The van der Waals surface area contributed by atoms with E-state index in [2.05, 4.69) is 17.6 Å². The number of carbonyl (C=O) groups is 1. The van der Waals surface area contributed by atoms with E-state index >= 15 is 0 Å². The molecule has 2 bridgehead atoms. The number of nitrogens with one attached hydrogen (secondary N) is 1. The molecule has 5 rings (SSSR count). The lowest BCUT2D eigenvalue weighted by atomic mass is 9.63. The maximum atomic E-state index is 12.7. The number of hydrazine groups is 1. The Kier molecular flexibility index (Phi) is 3.58. The van der Waals surface area contributed by atoms with Crippen LogP contribution in [0.15, 0.2) is 24.0 Å². The molecule has 0 aromatic heterocycles. The van der Waals surface area contributed by atoms with E-state index in [1.54, 1.807) is 26.2 Å². The van der Waals surface area contributed by atoms with Crippen LogP contribution in [0.5, 0.6) is 11.5 Å². The average Bonchev–Trinajstić information content (AvgIpc) is 3.11. The molecule has 0 radical (unpaired) electrons. The Balaban J connectivity index is 1.67. The van der Waals surface area contributed by atoms with Crippen LogP contribution in [0, 0.1) is 5.92 Å². The van der Waals surface area contributed by atoms with E-state index in [0.717, 1.165) is 29.1 Å². The third kappa shape index (κ3) is 2.04. The van der Waals surface area contributed by atoms with Crippen molar-refractivity contribution < 1.29 is 23.7 Å². The lowest BCUT2D eigenvalue weighted by molar-refractivity contribution is 0.0421. The second-order valence-corrected chi connectivity index (χ2v) is 7.95. The van der Waals surface area contributed by atoms with Crippen molar-refractivity contribution in [3.8, 4) is 11.5 Å². The van der Waals surface area contributed by atoms with Gasteiger partial charge in [0.15, 0.2) is 23.2 Å². The quantitative estimate of drug-likeness (QED) is 0.797. The van der Waals surface area contributed by atoms with E-state index < -0.39 is 17.2 Å². The van der Waals surface area contributed by atoms with Gasteiger partial charge < -0.3 is 18.9 Å². The summed E-state index contributed by atoms with van der Waals surface area (Å²) < 4.78 is 22.8. The molecule has 8 heteroatoms. The number of alkyl halides is 1. The van der Waals surface area contributed by atoms with Crippen molar-refractivity contribution in [3.05, 3.63) is 35.1 Å². The van der Waals surface area contributed by atoms with Gasteiger partial charge in [0, 0.05) is 11.5 Å². The van der Waals surface area contributed by atoms with Crippen molar-refractivity contribution >= 4 is 17.7 Å². The molecule has 1 amide bonds. The van der Waals surface area contributed by atoms with Crippen molar-refractivity contribution in [2.75, 3.05) is 14.2 Å². The third-order valence-electron chi connectivity index (χ3n) is 6.13. The van der Waals surface area contributed by atoms with Crippen LogP contribution in [0.3, 0.4) is 0 Å². The lowest BCUT2D eigenvalue weighted by Crippen LogP contribution is -2.56. The van der Waals surface area contributed by atoms with E-state index in [9.17, 15) is 4.79 Å². The summed E-state index contributed by atoms with van der Waals surface area (Å²) in [5, 5.41) is 1.59. The van der Waals surface area contributed by atoms with Crippen LogP contribution < -0.4 is 14.9 Å². The zero-order valence-electron chi connectivity index (χ0n) is 15.3. The molecule has 5 unspecified atom stereocenters. The van der Waals surface area contributed by atoms with Gasteiger partial charge in [0.1, 0.15) is 11.3 Å². The van der Waals surface area contributed by atoms with Gasteiger partial charge in [-0.15, -0.1) is 0 Å². The fourth-order valence-corrected chi connectivity index (χ4v) is 5.27. The van der Waals surface area contributed by atoms with Gasteiger partial charge in [-0.2, -0.15) is 0 Å². The normalized spacial score (nSPS) is 33.0. The molecule has 1 aromatic rings. The maximum Gasteiger partial charge on any atom is 0.426 e. The topological polar surface area (TPSA) is 69.3 Å². The molecule has 1 fully saturated rings. The highest BCUT2D eigenvalue weighted by atomic mass is 35.5. The Hall–Kier alpha value is -2.12. The fourth-order valence-electron chi connectivity index (χ4n) is 5.19. The van der Waals surface area contributed by atoms with E-state index in [4.69, 9.17) is 30.5 Å². The molecular weight excluding hydrogens is 372 g/mol. The number of carbonyl (C=O) groups excluding carboxylic acids is 1. The van der Waals surface area contributed by atoms with Crippen LogP contribution >= 0.6 is 11.6 Å². The molecule has 1 N–H and O–H groups in total. The summed E-state index contributed by atoms with van der Waals surface area (Å²) in [6, 6.07) is 3.92. The summed E-state index contributed by atoms with van der Waals surface area (Å²) in [7, 11) is 3.27. The van der Waals surface area contributed by atoms with Crippen molar-refractivity contribution in [1.29, 1.82) is 0 Å². The van der Waals surface area contributed by atoms with Gasteiger partial charge in [-0.3, -0.25) is 0 Å². The molecule has 7 nitrogen and oxygen atoms in total. The fraction of sp³-hybridized carbons (Fsp3) is 0.526. The van der Waals surface area contributed by atoms with Gasteiger partial charge in [0.25, 0.3) is 0 Å². The first-order valence-electron chi connectivity index (χ1n) is 9.04. The van der Waals surface area contributed by atoms with Gasteiger partial charge >= 0.3 is 6.09 Å². The van der Waals surface area contributed by atoms with E-state index in [1.165, 1.54) is 0 Å². The van der Waals surface area contributed by atoms with Crippen molar-refractivity contribution in [2.24, 2.45) is 5.92 Å². The number of nitrogens with zero attached hydrogens (tertiary/aromatic N) is 1. The molecule has 0 saturated carbocycles. The predicted octanol–water partition coefficient (Wildman–Crippen LogP) is 2.67. The Morgan fingerprint density at radius 2 is 2.22 bits per heavy atom. The van der Waals surface area contributed by atoms with Crippen LogP contribution in [0.1, 0.15) is 24.5 Å². The lowest BCUT2D eigenvalue weighted by Gasteiger charge is -2.42. The molecule has 2 aliphatic carbocycles. The first-order valence-corrected chi connectivity index (χ1v) is 9.47. The molecule has 1 aromatic carbocycles. The Morgan fingerprint density at radius 1 is 1.41 bits per heavy atom. The van der Waals surface area contributed by atoms with Gasteiger partial charge in [0.2, 0.25) is 0 Å². The third-order valence-corrected chi connectivity index (χ3v) is 6.22. The van der Waals surface area contributed by atoms with Crippen LogP contribution in [-0.2, 0) is 21.4 Å². The maximum absolute atomic E-state index is 12.7. The van der Waals surface area contributed by atoms with Gasteiger partial charge in [0.05, 0.1) is 20.3 Å². The summed E-state index contributed by atoms with van der Waals surface area (Å²) in [5.41, 5.74) is 4.36. The molecule has 2 heterocycles. The number of allylic oxidation sites excluding steroid dienone is 1. The van der Waals surface area contributed by atoms with Crippen molar-refractivity contribution in [3.63, 3.8) is 0 Å². The monoisotopic (exact) mass is 392 g/mol. The first-order chi connectivity index (χ1) is 13.0. The van der Waals surface area contributed by atoms with Gasteiger partial charge in [-0.25, -0.2) is 15.2 Å². The van der Waals surface area contributed by atoms with Crippen LogP contribution in [-0.4, -0.2) is 43.0 Å². The van der Waals surface area contributed by atoms with E-state index in [-0.39, 0.29) is 18.1 Å². The number of methoxy groups -OCH3 is 2. The van der Waals surface area contributed by atoms with E-state index in [0.29, 0.717) is 12.2 Å². The number of rotatable bonds is 3.